The third kappa shape index (κ3) is 6.66. The largest absolute Gasteiger partial charge is 0.492 e. The van der Waals surface area contributed by atoms with Crippen LogP contribution >= 0.6 is 0 Å². The molecule has 2 bridgehead atoms. The van der Waals surface area contributed by atoms with Gasteiger partial charge in [0.1, 0.15) is 18.2 Å². The van der Waals surface area contributed by atoms with Crippen LogP contribution in [0.4, 0.5) is 0 Å². The van der Waals surface area contributed by atoms with Gasteiger partial charge in [-0.1, -0.05) is 36.4 Å². The van der Waals surface area contributed by atoms with Crippen LogP contribution in [0.5, 0.6) is 5.75 Å². The van der Waals surface area contributed by atoms with Crippen molar-refractivity contribution in [2.45, 2.75) is 31.0 Å². The smallest absolute Gasteiger partial charge is 0.262 e. The lowest BCUT2D eigenvalue weighted by Crippen LogP contribution is -2.43. The minimum Gasteiger partial charge on any atom is -0.492 e. The van der Waals surface area contributed by atoms with Gasteiger partial charge in [-0.25, -0.2) is 23.1 Å². The molecule has 14 heteroatoms. The highest BCUT2D eigenvalue weighted by Crippen LogP contribution is 2.20. The molecule has 4 aromatic rings. The van der Waals surface area contributed by atoms with E-state index < -0.39 is 28.5 Å². The maximum absolute atomic E-state index is 13.4. The molecule has 0 fully saturated rings. The number of benzene rings is 2. The maximum Gasteiger partial charge on any atom is 0.262 e. The number of sulfonamides is 1. The second-order valence-corrected chi connectivity index (χ2v) is 11.8. The van der Waals surface area contributed by atoms with Crippen LogP contribution in [-0.2, 0) is 28.4 Å². The zero-order valence-electron chi connectivity index (χ0n) is 23.3. The first kappa shape index (κ1) is 29.0. The van der Waals surface area contributed by atoms with Gasteiger partial charge in [0, 0.05) is 37.5 Å². The molecule has 220 valence electrons. The van der Waals surface area contributed by atoms with E-state index in [1.807, 2.05) is 30.3 Å². The molecule has 2 aromatic heterocycles. The number of aryl methyl sites for hydroxylation is 1. The van der Waals surface area contributed by atoms with E-state index in [2.05, 4.69) is 20.7 Å². The van der Waals surface area contributed by atoms with Crippen LogP contribution in [0.25, 0.3) is 11.4 Å². The normalized spacial score (nSPS) is 17.7. The van der Waals surface area contributed by atoms with E-state index in [9.17, 15) is 18.0 Å². The van der Waals surface area contributed by atoms with Gasteiger partial charge in [-0.15, -0.1) is 0 Å². The molecule has 0 saturated carbocycles. The molecule has 13 nitrogen and oxygen atoms in total. The molecule has 0 aliphatic carbocycles. The van der Waals surface area contributed by atoms with Gasteiger partial charge in [0.15, 0.2) is 10.9 Å². The van der Waals surface area contributed by atoms with Crippen molar-refractivity contribution in [1.82, 2.24) is 39.3 Å². The molecule has 1 aliphatic rings. The third-order valence-electron chi connectivity index (χ3n) is 6.64. The molecule has 42 heavy (non-hydrogen) atoms. The fourth-order valence-electron chi connectivity index (χ4n) is 4.54. The zero-order valence-corrected chi connectivity index (χ0v) is 24.1. The summed E-state index contributed by atoms with van der Waals surface area (Å²) in [5.41, 5.74) is 1.22. The fourth-order valence-corrected chi connectivity index (χ4v) is 5.94. The molecule has 1 aliphatic heterocycles. The van der Waals surface area contributed by atoms with E-state index in [0.717, 1.165) is 9.87 Å². The molecule has 1 atom stereocenters. The van der Waals surface area contributed by atoms with Crippen molar-refractivity contribution in [2.24, 2.45) is 7.05 Å². The average molecular weight is 593 g/mol. The Balaban J connectivity index is 1.46. The molecule has 2 aromatic carbocycles. The number of nitrogens with zero attached hydrogens (tertiary/aromatic N) is 6. The van der Waals surface area contributed by atoms with Gasteiger partial charge in [0.25, 0.3) is 15.9 Å². The standard InChI is InChI=1S/C28H32N8O5S/c1-20-27-32-26(21-8-4-3-5-9-21)33-36(27)14-15-41-23-11-6-10-22(16-23)28(38)29-12-7-13-35(17-24(37)31-20)42(39,40)25-18-34(2)19-30-25/h3-6,8-11,16,18-20H,7,12-15,17H2,1-2H3,(H,29,38)(H,31,37)/t20-/m0/s1. The number of carbonyl (C=O) groups excluding carboxylic acids is 2. The summed E-state index contributed by atoms with van der Waals surface area (Å²) in [5.74, 6) is 0.644. The van der Waals surface area contributed by atoms with Crippen molar-refractivity contribution in [3.8, 4) is 17.1 Å². The Morgan fingerprint density at radius 1 is 1.02 bits per heavy atom. The van der Waals surface area contributed by atoms with E-state index >= 15 is 0 Å². The Kier molecular flexibility index (Phi) is 8.64. The van der Waals surface area contributed by atoms with Crippen molar-refractivity contribution in [1.29, 1.82) is 0 Å². The number of fused-ring (bicyclic) bond motifs is 3. The second kappa shape index (κ2) is 12.5. The number of carbonyl (C=O) groups is 2. The fraction of sp³-hybridized carbons (Fsp3) is 0.321. The molecule has 3 heterocycles. The maximum atomic E-state index is 13.4. The van der Waals surface area contributed by atoms with Crippen LogP contribution in [0, 0.1) is 0 Å². The molecule has 0 unspecified atom stereocenters. The van der Waals surface area contributed by atoms with Gasteiger partial charge in [-0.05, 0) is 31.5 Å². The summed E-state index contributed by atoms with van der Waals surface area (Å²) in [7, 11) is -2.43. The van der Waals surface area contributed by atoms with Crippen molar-refractivity contribution < 1.29 is 22.7 Å². The van der Waals surface area contributed by atoms with E-state index in [0.29, 0.717) is 29.5 Å². The summed E-state index contributed by atoms with van der Waals surface area (Å²) in [6, 6.07) is 15.7. The molecule has 2 N–H and O–H groups in total. The number of rotatable bonds is 3. The predicted octanol–water partition coefficient (Wildman–Crippen LogP) is 1.76. The molecule has 2 amide bonds. The van der Waals surface area contributed by atoms with E-state index in [1.54, 1.807) is 42.9 Å². The third-order valence-corrected chi connectivity index (χ3v) is 8.37. The summed E-state index contributed by atoms with van der Waals surface area (Å²) >= 11 is 0. The number of hydrogen-bond donors (Lipinski definition) is 2. The minimum absolute atomic E-state index is 0.0154. The summed E-state index contributed by atoms with van der Waals surface area (Å²) in [4.78, 5) is 34.7. The SMILES string of the molecule is C[C@@H]1NC(=O)CN(S(=O)(=O)c2cn(C)cn2)CCCNC(=O)c2cccc(c2)OCCn2nc(-c3ccccc3)nc21. The van der Waals surface area contributed by atoms with Crippen molar-refractivity contribution in [3.63, 3.8) is 0 Å². The quantitative estimate of drug-likeness (QED) is 0.365. The van der Waals surface area contributed by atoms with Crippen molar-refractivity contribution in [2.75, 3.05) is 26.2 Å². The second-order valence-electron chi connectivity index (χ2n) is 9.87. The predicted molar refractivity (Wildman–Crippen MR) is 153 cm³/mol. The van der Waals surface area contributed by atoms with Crippen LogP contribution in [0.3, 0.4) is 0 Å². The summed E-state index contributed by atoms with van der Waals surface area (Å²) in [6.45, 7) is 2.05. The van der Waals surface area contributed by atoms with Gasteiger partial charge >= 0.3 is 0 Å². The van der Waals surface area contributed by atoms with E-state index in [4.69, 9.17) is 9.72 Å². The number of aromatic nitrogens is 5. The monoisotopic (exact) mass is 592 g/mol. The van der Waals surface area contributed by atoms with E-state index in [1.165, 1.54) is 17.1 Å². The number of hydrogen-bond acceptors (Lipinski definition) is 8. The summed E-state index contributed by atoms with van der Waals surface area (Å²) in [5, 5.41) is 10.2. The van der Waals surface area contributed by atoms with Crippen LogP contribution in [0.15, 0.2) is 72.1 Å². The van der Waals surface area contributed by atoms with Gasteiger partial charge in [-0.2, -0.15) is 9.40 Å². The molecule has 0 spiro atoms. The van der Waals surface area contributed by atoms with Gasteiger partial charge < -0.3 is 19.9 Å². The molecule has 0 saturated heterocycles. The molecule has 0 radical (unpaired) electrons. The molecule has 5 rings (SSSR count). The van der Waals surface area contributed by atoms with Crippen LogP contribution in [0.2, 0.25) is 0 Å². The van der Waals surface area contributed by atoms with Crippen LogP contribution in [-0.4, -0.2) is 75.1 Å². The topological polar surface area (TPSA) is 153 Å². The van der Waals surface area contributed by atoms with Crippen LogP contribution in [0.1, 0.15) is 35.6 Å². The highest BCUT2D eigenvalue weighted by molar-refractivity contribution is 7.89. The highest BCUT2D eigenvalue weighted by Gasteiger charge is 2.29. The first-order valence-electron chi connectivity index (χ1n) is 13.5. The average Bonchev–Trinajstić information content (AvgIpc) is 3.62. The lowest BCUT2D eigenvalue weighted by Gasteiger charge is -2.22. The zero-order chi connectivity index (χ0) is 29.7. The van der Waals surface area contributed by atoms with Crippen molar-refractivity contribution >= 4 is 21.8 Å². The Morgan fingerprint density at radius 2 is 1.81 bits per heavy atom. The summed E-state index contributed by atoms with van der Waals surface area (Å²) < 4.78 is 37.0. The van der Waals surface area contributed by atoms with Gasteiger partial charge in [0.2, 0.25) is 5.91 Å². The highest BCUT2D eigenvalue weighted by atomic mass is 32.2. The number of imidazole rings is 1. The molecular weight excluding hydrogens is 560 g/mol. The molecular formula is C28H32N8O5S. The first-order valence-corrected chi connectivity index (χ1v) is 14.9. The lowest BCUT2D eigenvalue weighted by atomic mass is 10.2. The number of ether oxygens (including phenoxy) is 1. The van der Waals surface area contributed by atoms with Gasteiger partial charge in [0.05, 0.1) is 25.5 Å². The number of amides is 2. The number of nitrogens with one attached hydrogen (secondary N) is 2. The van der Waals surface area contributed by atoms with Gasteiger partial charge in [-0.3, -0.25) is 9.59 Å². The Labute approximate surface area is 243 Å². The van der Waals surface area contributed by atoms with E-state index in [-0.39, 0.29) is 37.1 Å². The lowest BCUT2D eigenvalue weighted by molar-refractivity contribution is -0.122. The Bertz CT molecular complexity index is 1670. The van der Waals surface area contributed by atoms with Crippen molar-refractivity contribution in [3.05, 3.63) is 78.5 Å². The summed E-state index contributed by atoms with van der Waals surface area (Å²) in [6.07, 6.45) is 3.03. The minimum atomic E-state index is -4.09. The first-order chi connectivity index (χ1) is 20.2. The Hall–Kier alpha value is -4.56. The van der Waals surface area contributed by atoms with Crippen LogP contribution < -0.4 is 15.4 Å². The Morgan fingerprint density at radius 3 is 2.57 bits per heavy atom.